The van der Waals surface area contributed by atoms with Gasteiger partial charge in [0.1, 0.15) is 5.78 Å². The van der Waals surface area contributed by atoms with Gasteiger partial charge in [-0.3, -0.25) is 4.79 Å². The minimum Gasteiger partial charge on any atom is -0.392 e. The molecule has 16 heavy (non-hydrogen) atoms. The van der Waals surface area contributed by atoms with Crippen molar-refractivity contribution in [3.8, 4) is 0 Å². The van der Waals surface area contributed by atoms with Gasteiger partial charge in [-0.25, -0.2) is 0 Å². The van der Waals surface area contributed by atoms with Crippen LogP contribution in [0.5, 0.6) is 0 Å². The van der Waals surface area contributed by atoms with E-state index in [2.05, 4.69) is 0 Å². The first-order chi connectivity index (χ1) is 7.39. The van der Waals surface area contributed by atoms with E-state index in [4.69, 9.17) is 0 Å². The second-order valence-corrected chi connectivity index (χ2v) is 5.79. The van der Waals surface area contributed by atoms with Crippen LogP contribution in [0.1, 0.15) is 33.6 Å². The Morgan fingerprint density at radius 2 is 1.88 bits per heavy atom. The van der Waals surface area contributed by atoms with Crippen molar-refractivity contribution in [3.63, 3.8) is 0 Å². The second-order valence-electron chi connectivity index (χ2n) is 5.79. The van der Waals surface area contributed by atoms with Crippen molar-refractivity contribution in [2.24, 2.45) is 16.7 Å². The number of rotatable bonds is 2. The van der Waals surface area contributed by atoms with Crippen LogP contribution in [0.4, 0.5) is 0 Å². The second kappa shape index (κ2) is 3.41. The van der Waals surface area contributed by atoms with E-state index in [-0.39, 0.29) is 24.9 Å². The maximum Gasteiger partial charge on any atom is 0.149 e. The molecule has 3 heteroatoms. The molecule has 0 saturated heterocycles. The lowest BCUT2D eigenvalue weighted by Gasteiger charge is -2.53. The number of fused-ring (bicyclic) bond motifs is 2. The van der Waals surface area contributed by atoms with Crippen LogP contribution >= 0.6 is 0 Å². The zero-order valence-electron chi connectivity index (χ0n) is 10.2. The molecule has 0 aliphatic heterocycles. The molecule has 2 bridgehead atoms. The number of ketones is 1. The lowest BCUT2D eigenvalue weighted by Crippen LogP contribution is -2.55. The lowest BCUT2D eigenvalue weighted by molar-refractivity contribution is -0.144. The standard InChI is InChI=1S/C13H20O3/c1-12(2)9-4-5-13(3,11(12)16)10(7-15)8(9)6-14/h9,14-15H,4-7H2,1-3H3. The van der Waals surface area contributed by atoms with Crippen LogP contribution in [0.15, 0.2) is 11.1 Å². The third-order valence-corrected chi connectivity index (χ3v) is 4.69. The van der Waals surface area contributed by atoms with Crippen molar-refractivity contribution in [2.45, 2.75) is 33.6 Å². The van der Waals surface area contributed by atoms with Gasteiger partial charge >= 0.3 is 0 Å². The van der Waals surface area contributed by atoms with E-state index in [0.717, 1.165) is 24.0 Å². The summed E-state index contributed by atoms with van der Waals surface area (Å²) in [7, 11) is 0. The summed E-state index contributed by atoms with van der Waals surface area (Å²) in [5.41, 5.74) is 0.728. The van der Waals surface area contributed by atoms with Crippen molar-refractivity contribution >= 4 is 5.78 Å². The molecule has 0 aromatic rings. The maximum absolute atomic E-state index is 12.4. The molecule has 0 aromatic heterocycles. The number of carbonyl (C=O) groups excluding carboxylic acids is 1. The minimum absolute atomic E-state index is 0.0349. The maximum atomic E-state index is 12.4. The minimum atomic E-state index is -0.551. The topological polar surface area (TPSA) is 57.5 Å². The molecule has 2 N–H and O–H groups in total. The molecule has 0 heterocycles. The number of carbonyl (C=O) groups is 1. The van der Waals surface area contributed by atoms with Crippen LogP contribution in [0.25, 0.3) is 0 Å². The van der Waals surface area contributed by atoms with Gasteiger partial charge in [0.05, 0.1) is 18.6 Å². The van der Waals surface area contributed by atoms with Crippen LogP contribution in [-0.2, 0) is 4.79 Å². The highest BCUT2D eigenvalue weighted by molar-refractivity contribution is 5.95. The average molecular weight is 224 g/mol. The SMILES string of the molecule is CC12CCC(C(CO)=C1CO)C(C)(C)C2=O. The highest BCUT2D eigenvalue weighted by Crippen LogP contribution is 2.58. The number of aliphatic hydroxyl groups excluding tert-OH is 2. The van der Waals surface area contributed by atoms with E-state index < -0.39 is 10.8 Å². The summed E-state index contributed by atoms with van der Waals surface area (Å²) in [4.78, 5) is 12.4. The summed E-state index contributed by atoms with van der Waals surface area (Å²) >= 11 is 0. The normalized spacial score (nSPS) is 37.1. The van der Waals surface area contributed by atoms with Gasteiger partial charge in [-0.15, -0.1) is 0 Å². The summed E-state index contributed by atoms with van der Waals surface area (Å²) in [6, 6.07) is 0. The van der Waals surface area contributed by atoms with Gasteiger partial charge in [-0.2, -0.15) is 0 Å². The van der Waals surface area contributed by atoms with E-state index in [1.54, 1.807) is 0 Å². The largest absolute Gasteiger partial charge is 0.392 e. The Labute approximate surface area is 96.2 Å². The molecule has 1 saturated carbocycles. The third-order valence-electron chi connectivity index (χ3n) is 4.69. The van der Waals surface area contributed by atoms with E-state index in [1.165, 1.54) is 0 Å². The van der Waals surface area contributed by atoms with Crippen molar-refractivity contribution in [3.05, 3.63) is 11.1 Å². The van der Waals surface area contributed by atoms with Gasteiger partial charge in [-0.1, -0.05) is 13.8 Å². The Morgan fingerprint density at radius 3 is 2.38 bits per heavy atom. The Kier molecular flexibility index (Phi) is 2.52. The average Bonchev–Trinajstić information content (AvgIpc) is 2.24. The zero-order valence-corrected chi connectivity index (χ0v) is 10.2. The van der Waals surface area contributed by atoms with Crippen molar-refractivity contribution in [1.82, 2.24) is 0 Å². The molecular formula is C13H20O3. The van der Waals surface area contributed by atoms with Crippen molar-refractivity contribution in [2.75, 3.05) is 13.2 Å². The van der Waals surface area contributed by atoms with Gasteiger partial charge in [-0.05, 0) is 36.8 Å². The summed E-state index contributed by atoms with van der Waals surface area (Å²) in [5.74, 6) is 0.325. The Hall–Kier alpha value is -0.670. The fourth-order valence-electron chi connectivity index (χ4n) is 3.72. The first-order valence-electron chi connectivity index (χ1n) is 5.88. The molecule has 2 unspecified atom stereocenters. The van der Waals surface area contributed by atoms with Gasteiger partial charge in [0, 0.05) is 5.41 Å². The summed E-state index contributed by atoms with van der Waals surface area (Å²) in [6.07, 6.45) is 1.74. The fraction of sp³-hybridized carbons (Fsp3) is 0.769. The van der Waals surface area contributed by atoms with Gasteiger partial charge in [0.15, 0.2) is 0 Å². The summed E-state index contributed by atoms with van der Waals surface area (Å²) < 4.78 is 0. The van der Waals surface area contributed by atoms with Crippen LogP contribution < -0.4 is 0 Å². The first-order valence-corrected chi connectivity index (χ1v) is 5.88. The van der Waals surface area contributed by atoms with Crippen LogP contribution in [0.3, 0.4) is 0 Å². The van der Waals surface area contributed by atoms with Crippen LogP contribution in [0.2, 0.25) is 0 Å². The molecular weight excluding hydrogens is 204 g/mol. The molecule has 3 nitrogen and oxygen atoms in total. The molecule has 3 aliphatic carbocycles. The van der Waals surface area contributed by atoms with Crippen molar-refractivity contribution in [1.29, 1.82) is 0 Å². The first kappa shape index (κ1) is 11.8. The van der Waals surface area contributed by atoms with Crippen LogP contribution in [0, 0.1) is 16.7 Å². The number of Topliss-reactive ketones (excluding diaryl/α,β-unsaturated/α-hetero) is 1. The third kappa shape index (κ3) is 1.19. The van der Waals surface area contributed by atoms with E-state index in [0.29, 0.717) is 0 Å². The monoisotopic (exact) mass is 224 g/mol. The quantitative estimate of drug-likeness (QED) is 0.695. The number of aliphatic hydroxyl groups is 2. The fourth-order valence-corrected chi connectivity index (χ4v) is 3.72. The van der Waals surface area contributed by atoms with Crippen LogP contribution in [-0.4, -0.2) is 29.2 Å². The van der Waals surface area contributed by atoms with E-state index in [1.807, 2.05) is 20.8 Å². The van der Waals surface area contributed by atoms with Crippen molar-refractivity contribution < 1.29 is 15.0 Å². The van der Waals surface area contributed by atoms with Gasteiger partial charge in [0.2, 0.25) is 0 Å². The Morgan fingerprint density at radius 1 is 1.25 bits per heavy atom. The highest BCUT2D eigenvalue weighted by Gasteiger charge is 2.57. The van der Waals surface area contributed by atoms with E-state index >= 15 is 0 Å². The molecule has 3 aliphatic rings. The summed E-state index contributed by atoms with van der Waals surface area (Å²) in [6.45, 7) is 5.69. The highest BCUT2D eigenvalue weighted by atomic mass is 16.3. The molecule has 3 rings (SSSR count). The predicted molar refractivity (Wildman–Crippen MR) is 60.8 cm³/mol. The van der Waals surface area contributed by atoms with Gasteiger partial charge < -0.3 is 10.2 Å². The number of hydrogen-bond acceptors (Lipinski definition) is 3. The molecule has 0 radical (unpaired) electrons. The lowest BCUT2D eigenvalue weighted by atomic mass is 9.49. The molecule has 0 amide bonds. The molecule has 0 aromatic carbocycles. The molecule has 1 fully saturated rings. The number of hydrogen-bond donors (Lipinski definition) is 2. The smallest absolute Gasteiger partial charge is 0.149 e. The van der Waals surface area contributed by atoms with Gasteiger partial charge in [0.25, 0.3) is 0 Å². The molecule has 0 spiro atoms. The van der Waals surface area contributed by atoms with E-state index in [9.17, 15) is 15.0 Å². The summed E-state index contributed by atoms with van der Waals surface area (Å²) in [5, 5.41) is 18.9. The Balaban J connectivity index is 2.63. The predicted octanol–water partition coefficient (Wildman–Crippen LogP) is 1.29. The Bertz CT molecular complexity index is 367. The molecule has 90 valence electrons. The zero-order chi connectivity index (χ0) is 12.1. The molecule has 2 atom stereocenters.